The average molecular weight is 390 g/mol. The minimum Gasteiger partial charge on any atom is -0.204 e. The molecule has 0 N–H and O–H groups in total. The van der Waals surface area contributed by atoms with Gasteiger partial charge >= 0.3 is 0 Å². The van der Waals surface area contributed by atoms with Crippen molar-refractivity contribution in [2.24, 2.45) is 0 Å². The summed E-state index contributed by atoms with van der Waals surface area (Å²) in [6.45, 7) is 2.14. The third-order valence-electron chi connectivity index (χ3n) is 5.81. The SMILES string of the molecule is CCSC1=C(C2c3ccccc3-c3ccccc32)C(C2=C(F)C(F)=CC2)=CC1. The number of benzene rings is 2. The van der Waals surface area contributed by atoms with Crippen molar-refractivity contribution in [1.82, 2.24) is 0 Å². The van der Waals surface area contributed by atoms with Gasteiger partial charge in [0, 0.05) is 11.5 Å². The molecule has 0 bridgehead atoms. The van der Waals surface area contributed by atoms with Crippen LogP contribution in [0.5, 0.6) is 0 Å². The highest BCUT2D eigenvalue weighted by Gasteiger charge is 2.37. The van der Waals surface area contributed by atoms with Crippen molar-refractivity contribution in [2.75, 3.05) is 5.75 Å². The quantitative estimate of drug-likeness (QED) is 0.517. The molecule has 0 fully saturated rings. The molecule has 0 atom stereocenters. The second-order valence-electron chi connectivity index (χ2n) is 7.25. The van der Waals surface area contributed by atoms with E-state index >= 15 is 0 Å². The lowest BCUT2D eigenvalue weighted by Gasteiger charge is -2.22. The van der Waals surface area contributed by atoms with E-state index in [0.717, 1.165) is 23.3 Å². The summed E-state index contributed by atoms with van der Waals surface area (Å²) < 4.78 is 28.4. The summed E-state index contributed by atoms with van der Waals surface area (Å²) >= 11 is 1.82. The van der Waals surface area contributed by atoms with Gasteiger partial charge in [-0.3, -0.25) is 0 Å². The Morgan fingerprint density at radius 2 is 1.54 bits per heavy atom. The number of hydrogen-bond donors (Lipinski definition) is 0. The summed E-state index contributed by atoms with van der Waals surface area (Å²) in [5.74, 6) is -0.381. The van der Waals surface area contributed by atoms with Gasteiger partial charge in [0.15, 0.2) is 11.7 Å². The molecule has 0 saturated heterocycles. The first-order valence-corrected chi connectivity index (χ1v) is 10.7. The second-order valence-corrected chi connectivity index (χ2v) is 8.61. The van der Waals surface area contributed by atoms with Crippen LogP contribution in [0, 0.1) is 0 Å². The standard InChI is InChI=1S/C25H20F2S/c1-2-28-22-14-12-19(20-11-13-21(26)25(20)27)24(22)23-17-9-5-3-7-15(17)16-8-4-6-10-18(16)23/h3-10,12-13,23H,2,11,14H2,1H3. The molecule has 5 rings (SSSR count). The first-order valence-electron chi connectivity index (χ1n) is 9.70. The molecule has 0 aromatic heterocycles. The van der Waals surface area contributed by atoms with Crippen molar-refractivity contribution < 1.29 is 8.78 Å². The molecule has 0 nitrogen and oxygen atoms in total. The van der Waals surface area contributed by atoms with Crippen LogP contribution in [0.15, 0.2) is 94.0 Å². The first-order chi connectivity index (χ1) is 13.7. The van der Waals surface area contributed by atoms with Gasteiger partial charge in [-0.05, 0) is 63.0 Å². The number of rotatable bonds is 4. The van der Waals surface area contributed by atoms with E-state index in [1.54, 1.807) is 0 Å². The molecule has 0 spiro atoms. The van der Waals surface area contributed by atoms with Gasteiger partial charge in [0.05, 0.1) is 0 Å². The zero-order chi connectivity index (χ0) is 19.3. The van der Waals surface area contributed by atoms with Crippen LogP contribution in [0.25, 0.3) is 11.1 Å². The van der Waals surface area contributed by atoms with Gasteiger partial charge in [-0.1, -0.05) is 61.5 Å². The molecule has 3 aliphatic rings. The maximum Gasteiger partial charge on any atom is 0.162 e. The van der Waals surface area contributed by atoms with Gasteiger partial charge in [0.1, 0.15) is 0 Å². The van der Waals surface area contributed by atoms with Crippen LogP contribution in [0.2, 0.25) is 0 Å². The lowest BCUT2D eigenvalue weighted by molar-refractivity contribution is 0.547. The minimum absolute atomic E-state index is 0.0687. The van der Waals surface area contributed by atoms with Crippen LogP contribution >= 0.6 is 11.8 Å². The van der Waals surface area contributed by atoms with E-state index in [2.05, 4.69) is 61.5 Å². The second kappa shape index (κ2) is 6.89. The number of hydrogen-bond acceptors (Lipinski definition) is 1. The molecule has 0 unspecified atom stereocenters. The van der Waals surface area contributed by atoms with E-state index in [9.17, 15) is 8.78 Å². The Hall–Kier alpha value is -2.39. The zero-order valence-corrected chi connectivity index (χ0v) is 16.5. The van der Waals surface area contributed by atoms with Crippen molar-refractivity contribution in [2.45, 2.75) is 25.7 Å². The Bertz CT molecular complexity index is 1060. The van der Waals surface area contributed by atoms with Gasteiger partial charge in [-0.2, -0.15) is 0 Å². The Labute approximate surface area is 168 Å². The monoisotopic (exact) mass is 390 g/mol. The fourth-order valence-electron chi connectivity index (χ4n) is 4.69. The van der Waals surface area contributed by atoms with Crippen molar-refractivity contribution in [3.05, 3.63) is 105 Å². The van der Waals surface area contributed by atoms with Crippen molar-refractivity contribution in [1.29, 1.82) is 0 Å². The van der Waals surface area contributed by atoms with E-state index in [1.165, 1.54) is 33.2 Å². The van der Waals surface area contributed by atoms with Crippen molar-refractivity contribution in [3.8, 4) is 11.1 Å². The van der Waals surface area contributed by atoms with Gasteiger partial charge in [-0.15, -0.1) is 11.8 Å². The molecule has 0 amide bonds. The van der Waals surface area contributed by atoms with Gasteiger partial charge in [0.2, 0.25) is 0 Å². The molecular formula is C25H20F2S. The third kappa shape index (κ3) is 2.56. The molecular weight excluding hydrogens is 370 g/mol. The van der Waals surface area contributed by atoms with Crippen LogP contribution in [0.3, 0.4) is 0 Å². The predicted octanol–water partition coefficient (Wildman–Crippen LogP) is 7.62. The Balaban J connectivity index is 1.72. The summed E-state index contributed by atoms with van der Waals surface area (Å²) in [5.41, 5.74) is 7.56. The van der Waals surface area contributed by atoms with E-state index < -0.39 is 11.7 Å². The van der Waals surface area contributed by atoms with E-state index in [-0.39, 0.29) is 5.92 Å². The largest absolute Gasteiger partial charge is 0.204 e. The average Bonchev–Trinajstić information content (AvgIpc) is 3.37. The van der Waals surface area contributed by atoms with Crippen molar-refractivity contribution in [3.63, 3.8) is 0 Å². The molecule has 0 radical (unpaired) electrons. The fraction of sp³-hybridized carbons (Fsp3) is 0.200. The highest BCUT2D eigenvalue weighted by atomic mass is 32.2. The maximum absolute atomic E-state index is 14.6. The first kappa shape index (κ1) is 17.7. The molecule has 2 aromatic rings. The molecule has 140 valence electrons. The number of allylic oxidation sites excluding steroid dienone is 8. The van der Waals surface area contributed by atoms with E-state index in [0.29, 0.717) is 12.0 Å². The normalized spacial score (nSPS) is 18.5. The molecule has 0 heterocycles. The Morgan fingerprint density at radius 1 is 0.893 bits per heavy atom. The van der Waals surface area contributed by atoms with Crippen LogP contribution in [-0.4, -0.2) is 5.75 Å². The topological polar surface area (TPSA) is 0 Å². The molecule has 2 aromatic carbocycles. The molecule has 28 heavy (non-hydrogen) atoms. The Kier molecular flexibility index (Phi) is 4.36. The van der Waals surface area contributed by atoms with E-state index in [4.69, 9.17) is 0 Å². The smallest absolute Gasteiger partial charge is 0.162 e. The summed E-state index contributed by atoms with van der Waals surface area (Å²) in [4.78, 5) is 1.28. The summed E-state index contributed by atoms with van der Waals surface area (Å²) in [5, 5.41) is 0. The fourth-order valence-corrected chi connectivity index (χ4v) is 5.62. The summed E-state index contributed by atoms with van der Waals surface area (Å²) in [7, 11) is 0. The van der Waals surface area contributed by atoms with Gasteiger partial charge in [0.25, 0.3) is 0 Å². The Morgan fingerprint density at radius 3 is 2.11 bits per heavy atom. The van der Waals surface area contributed by atoms with E-state index in [1.807, 2.05) is 11.8 Å². The van der Waals surface area contributed by atoms with Gasteiger partial charge in [-0.25, -0.2) is 8.78 Å². The highest BCUT2D eigenvalue weighted by Crippen LogP contribution is 2.55. The zero-order valence-electron chi connectivity index (χ0n) is 15.6. The lowest BCUT2D eigenvalue weighted by Crippen LogP contribution is -2.06. The van der Waals surface area contributed by atoms with Gasteiger partial charge < -0.3 is 0 Å². The third-order valence-corrected chi connectivity index (χ3v) is 6.83. The highest BCUT2D eigenvalue weighted by molar-refractivity contribution is 8.03. The van der Waals surface area contributed by atoms with Crippen LogP contribution in [0.1, 0.15) is 36.8 Å². The van der Waals surface area contributed by atoms with Crippen LogP contribution in [0.4, 0.5) is 8.78 Å². The summed E-state index contributed by atoms with van der Waals surface area (Å²) in [6, 6.07) is 17.0. The summed E-state index contributed by atoms with van der Waals surface area (Å²) in [6.07, 6.45) is 4.57. The molecule has 3 aliphatic carbocycles. The maximum atomic E-state index is 14.6. The van der Waals surface area contributed by atoms with Crippen LogP contribution < -0.4 is 0 Å². The van der Waals surface area contributed by atoms with Crippen LogP contribution in [-0.2, 0) is 0 Å². The minimum atomic E-state index is -0.723. The number of fused-ring (bicyclic) bond motifs is 3. The van der Waals surface area contributed by atoms with Crippen molar-refractivity contribution >= 4 is 11.8 Å². The molecule has 0 saturated carbocycles. The lowest BCUT2D eigenvalue weighted by atomic mass is 9.83. The molecule has 0 aliphatic heterocycles. The molecule has 3 heteroatoms. The predicted molar refractivity (Wildman–Crippen MR) is 114 cm³/mol. The number of halogens is 2. The number of thioether (sulfide) groups is 1.